The molecule has 3 aromatic carbocycles. The Hall–Kier alpha value is -3.48. The Bertz CT molecular complexity index is 1310. The van der Waals surface area contributed by atoms with Gasteiger partial charge in [-0.25, -0.2) is 9.36 Å². The summed E-state index contributed by atoms with van der Waals surface area (Å²) in [5, 5.41) is 7.18. The summed E-state index contributed by atoms with van der Waals surface area (Å²) in [6.45, 7) is 0. The predicted octanol–water partition coefficient (Wildman–Crippen LogP) is 6.15. The van der Waals surface area contributed by atoms with Crippen molar-refractivity contribution < 1.29 is 4.74 Å². The van der Waals surface area contributed by atoms with Crippen molar-refractivity contribution in [1.29, 1.82) is 0 Å². The highest BCUT2D eigenvalue weighted by Gasteiger charge is 2.14. The molecule has 4 aromatic rings. The number of aromatic nitrogens is 3. The van der Waals surface area contributed by atoms with E-state index in [4.69, 9.17) is 16.3 Å². The van der Waals surface area contributed by atoms with E-state index in [2.05, 4.69) is 17.2 Å². The number of hydrogen-bond donors (Lipinski definition) is 0. The minimum Gasteiger partial charge on any atom is -0.497 e. The van der Waals surface area contributed by atoms with Crippen molar-refractivity contribution >= 4 is 29.4 Å². The molecule has 1 aromatic heterocycles. The fourth-order valence-corrected chi connectivity index (χ4v) is 3.99. The normalized spacial score (nSPS) is 11.5. The molecule has 0 N–H and O–H groups in total. The zero-order valence-corrected chi connectivity index (χ0v) is 19.5. The maximum absolute atomic E-state index is 13.3. The lowest BCUT2D eigenvalue weighted by Gasteiger charge is -2.04. The fourth-order valence-electron chi connectivity index (χ4n) is 3.18. The molecule has 1 heterocycles. The summed E-state index contributed by atoms with van der Waals surface area (Å²) in [6.07, 6.45) is 5.64. The number of hydrogen-bond acceptors (Lipinski definition) is 4. The molecule has 0 saturated carbocycles. The van der Waals surface area contributed by atoms with Gasteiger partial charge in [-0.2, -0.15) is 4.68 Å². The summed E-state index contributed by atoms with van der Waals surface area (Å²) < 4.78 is 8.17. The van der Waals surface area contributed by atoms with Gasteiger partial charge in [-0.3, -0.25) is 0 Å². The first-order valence-corrected chi connectivity index (χ1v) is 11.7. The average molecular weight is 476 g/mol. The van der Waals surface area contributed by atoms with E-state index in [1.807, 2.05) is 66.1 Å². The summed E-state index contributed by atoms with van der Waals surface area (Å²) >= 11 is 7.70. The summed E-state index contributed by atoms with van der Waals surface area (Å²) in [4.78, 5) is 13.3. The van der Waals surface area contributed by atoms with E-state index in [1.54, 1.807) is 47.7 Å². The number of ether oxygens (including phenoxy) is 1. The molecule has 0 bridgehead atoms. The molecule has 0 amide bonds. The number of halogens is 1. The van der Waals surface area contributed by atoms with Crippen LogP contribution in [0.15, 0.2) is 101 Å². The highest BCUT2D eigenvalue weighted by atomic mass is 35.5. The van der Waals surface area contributed by atoms with Gasteiger partial charge in [-0.15, -0.1) is 16.9 Å². The zero-order valence-electron chi connectivity index (χ0n) is 18.0. The van der Waals surface area contributed by atoms with Crippen LogP contribution in [-0.4, -0.2) is 21.5 Å². The topological polar surface area (TPSA) is 49.0 Å². The SMILES string of the molecule is COc1ccc(-n2c(/C=C\C=C\SCc3ccccc3)nn(-c3ccc(Cl)cc3)c2=O)cc1. The molecule has 4 rings (SSSR count). The van der Waals surface area contributed by atoms with Crippen LogP contribution in [0.1, 0.15) is 11.4 Å². The first-order valence-electron chi connectivity index (χ1n) is 10.3. The maximum Gasteiger partial charge on any atom is 0.355 e. The van der Waals surface area contributed by atoms with E-state index in [1.165, 1.54) is 10.2 Å². The highest BCUT2D eigenvalue weighted by molar-refractivity contribution is 8.01. The van der Waals surface area contributed by atoms with Crippen molar-refractivity contribution in [3.8, 4) is 17.1 Å². The van der Waals surface area contributed by atoms with E-state index < -0.39 is 0 Å². The molecular weight excluding hydrogens is 454 g/mol. The molecule has 0 unspecified atom stereocenters. The molecule has 0 aliphatic rings. The summed E-state index contributed by atoms with van der Waals surface area (Å²) in [5.41, 5.74) is 2.33. The molecule has 0 atom stereocenters. The van der Waals surface area contributed by atoms with Crippen molar-refractivity contribution in [1.82, 2.24) is 14.3 Å². The number of methoxy groups -OCH3 is 1. The van der Waals surface area contributed by atoms with Crippen LogP contribution in [0.4, 0.5) is 0 Å². The zero-order chi connectivity index (χ0) is 23.0. The van der Waals surface area contributed by atoms with Gasteiger partial charge in [0.25, 0.3) is 0 Å². The van der Waals surface area contributed by atoms with Crippen LogP contribution in [0.25, 0.3) is 17.5 Å². The van der Waals surface area contributed by atoms with E-state index >= 15 is 0 Å². The lowest BCUT2D eigenvalue weighted by atomic mass is 10.2. The molecule has 0 aliphatic carbocycles. The van der Waals surface area contributed by atoms with E-state index in [-0.39, 0.29) is 5.69 Å². The third-order valence-electron chi connectivity index (χ3n) is 4.83. The van der Waals surface area contributed by atoms with Gasteiger partial charge in [0.1, 0.15) is 5.75 Å². The highest BCUT2D eigenvalue weighted by Crippen LogP contribution is 2.18. The van der Waals surface area contributed by atoms with Crippen molar-refractivity contribution in [2.24, 2.45) is 0 Å². The third-order valence-corrected chi connectivity index (χ3v) is 5.93. The second-order valence-corrected chi connectivity index (χ2v) is 8.38. The molecule has 0 fully saturated rings. The molecule has 0 radical (unpaired) electrons. The molecule has 33 heavy (non-hydrogen) atoms. The monoisotopic (exact) mass is 475 g/mol. The molecule has 5 nitrogen and oxygen atoms in total. The Morgan fingerprint density at radius 2 is 1.64 bits per heavy atom. The van der Waals surface area contributed by atoms with E-state index in [9.17, 15) is 4.79 Å². The van der Waals surface area contributed by atoms with Crippen LogP contribution in [0.2, 0.25) is 5.02 Å². The van der Waals surface area contributed by atoms with Crippen LogP contribution in [0, 0.1) is 0 Å². The number of benzene rings is 3. The summed E-state index contributed by atoms with van der Waals surface area (Å²) in [5.74, 6) is 2.12. The van der Waals surface area contributed by atoms with Gasteiger partial charge in [0, 0.05) is 10.8 Å². The number of thioether (sulfide) groups is 1. The minimum absolute atomic E-state index is 0.274. The van der Waals surface area contributed by atoms with E-state index in [0.29, 0.717) is 28.0 Å². The first-order chi connectivity index (χ1) is 16.2. The van der Waals surface area contributed by atoms with Crippen LogP contribution >= 0.6 is 23.4 Å². The Labute approximate surface area is 201 Å². The van der Waals surface area contributed by atoms with Gasteiger partial charge in [-0.1, -0.05) is 54.1 Å². The summed E-state index contributed by atoms with van der Waals surface area (Å²) in [7, 11) is 1.61. The first kappa shape index (κ1) is 22.7. The van der Waals surface area contributed by atoms with Gasteiger partial charge in [0.2, 0.25) is 0 Å². The van der Waals surface area contributed by atoms with Crippen molar-refractivity contribution in [3.05, 3.63) is 123 Å². The Balaban J connectivity index is 1.61. The van der Waals surface area contributed by atoms with Gasteiger partial charge in [0.15, 0.2) is 5.82 Å². The van der Waals surface area contributed by atoms with Crippen molar-refractivity contribution in [2.45, 2.75) is 5.75 Å². The van der Waals surface area contributed by atoms with Crippen LogP contribution < -0.4 is 10.4 Å². The Kier molecular flexibility index (Phi) is 7.50. The molecule has 7 heteroatoms. The fraction of sp³-hybridized carbons (Fsp3) is 0.0769. The number of nitrogens with zero attached hydrogens (tertiary/aromatic N) is 3. The Morgan fingerprint density at radius 1 is 0.939 bits per heavy atom. The number of allylic oxidation sites excluding steroid dienone is 2. The Morgan fingerprint density at radius 3 is 2.33 bits per heavy atom. The molecule has 166 valence electrons. The van der Waals surface area contributed by atoms with Gasteiger partial charge in [-0.05, 0) is 65.6 Å². The second-order valence-electron chi connectivity index (χ2n) is 7.05. The van der Waals surface area contributed by atoms with Crippen molar-refractivity contribution in [2.75, 3.05) is 7.11 Å². The van der Waals surface area contributed by atoms with Crippen LogP contribution in [0.5, 0.6) is 5.75 Å². The molecule has 0 spiro atoms. The lowest BCUT2D eigenvalue weighted by molar-refractivity contribution is 0.414. The predicted molar refractivity (Wildman–Crippen MR) is 137 cm³/mol. The third kappa shape index (κ3) is 5.66. The van der Waals surface area contributed by atoms with Crippen LogP contribution in [-0.2, 0) is 5.75 Å². The summed E-state index contributed by atoms with van der Waals surface area (Å²) in [6, 6.07) is 24.6. The second kappa shape index (κ2) is 10.9. The minimum atomic E-state index is -0.274. The van der Waals surface area contributed by atoms with Gasteiger partial charge >= 0.3 is 5.69 Å². The van der Waals surface area contributed by atoms with Gasteiger partial charge in [0.05, 0.1) is 18.5 Å². The lowest BCUT2D eigenvalue weighted by Crippen LogP contribution is -2.22. The largest absolute Gasteiger partial charge is 0.497 e. The molecular formula is C26H22ClN3O2S. The number of rotatable bonds is 8. The van der Waals surface area contributed by atoms with E-state index in [0.717, 1.165) is 5.75 Å². The van der Waals surface area contributed by atoms with Crippen LogP contribution in [0.3, 0.4) is 0 Å². The molecule has 0 aliphatic heterocycles. The standard InChI is InChI=1S/C26H22ClN3O2S/c1-32-24-16-14-22(15-17-24)29-25(9-5-6-18-33-19-20-7-3-2-4-8-20)28-30(26(29)31)23-12-10-21(27)11-13-23/h2-18H,19H2,1H3/b9-5-,18-6+. The quantitative estimate of drug-likeness (QED) is 0.287. The van der Waals surface area contributed by atoms with Gasteiger partial charge < -0.3 is 4.74 Å². The van der Waals surface area contributed by atoms with Crippen molar-refractivity contribution in [3.63, 3.8) is 0 Å². The average Bonchev–Trinajstić information content (AvgIpc) is 3.18. The smallest absolute Gasteiger partial charge is 0.355 e. The maximum atomic E-state index is 13.3. The molecule has 0 saturated heterocycles.